The first-order chi connectivity index (χ1) is 13.3. The zero-order valence-electron chi connectivity index (χ0n) is 16.9. The molecule has 2 fully saturated rings. The Bertz CT molecular complexity index is 575. The second kappa shape index (κ2) is 10.9. The van der Waals surface area contributed by atoms with Crippen LogP contribution in [0.2, 0.25) is 0 Å². The van der Waals surface area contributed by atoms with Crippen LogP contribution in [0.15, 0.2) is 29.3 Å². The third-order valence-corrected chi connectivity index (χ3v) is 6.94. The zero-order chi connectivity index (χ0) is 18.9. The molecule has 150 valence electrons. The highest BCUT2D eigenvalue weighted by atomic mass is 32.2. The summed E-state index contributed by atoms with van der Waals surface area (Å²) in [6.45, 7) is 11.1. The van der Waals surface area contributed by atoms with E-state index in [2.05, 4.69) is 68.4 Å². The minimum atomic E-state index is 0.738. The van der Waals surface area contributed by atoms with Crippen LogP contribution in [-0.4, -0.2) is 73.1 Å². The van der Waals surface area contributed by atoms with E-state index in [1.807, 2.05) is 7.05 Å². The lowest BCUT2D eigenvalue weighted by Gasteiger charge is -2.34. The molecule has 3 rings (SSSR count). The lowest BCUT2D eigenvalue weighted by atomic mass is 10.1. The van der Waals surface area contributed by atoms with Crippen LogP contribution < -0.4 is 10.6 Å². The summed E-state index contributed by atoms with van der Waals surface area (Å²) < 4.78 is 0. The van der Waals surface area contributed by atoms with Gasteiger partial charge in [0.2, 0.25) is 0 Å². The lowest BCUT2D eigenvalue weighted by Crippen LogP contribution is -2.45. The number of nitrogens with one attached hydrogen (secondary N) is 2. The summed E-state index contributed by atoms with van der Waals surface area (Å²) in [5.41, 5.74) is 2.71. The molecule has 1 unspecified atom stereocenters. The Kier molecular flexibility index (Phi) is 8.30. The standard InChI is InChI=1S/C21H35N5S/c1-3-25-10-12-26(13-11-25)17-19-8-6-18(7-9-19)15-23-21(22-2)24-16-20-5-4-14-27-20/h6-9,20H,3-5,10-17H2,1-2H3,(H2,22,23,24). The zero-order valence-corrected chi connectivity index (χ0v) is 17.7. The van der Waals surface area contributed by atoms with Gasteiger partial charge in [-0.05, 0) is 36.3 Å². The Labute approximate surface area is 169 Å². The normalized spacial score (nSPS) is 22.1. The van der Waals surface area contributed by atoms with Gasteiger partial charge in [0, 0.05) is 58.1 Å². The molecule has 5 nitrogen and oxygen atoms in total. The van der Waals surface area contributed by atoms with Gasteiger partial charge in [-0.2, -0.15) is 11.8 Å². The summed E-state index contributed by atoms with van der Waals surface area (Å²) in [6, 6.07) is 9.03. The average molecular weight is 390 g/mol. The van der Waals surface area contributed by atoms with Crippen molar-refractivity contribution < 1.29 is 0 Å². The van der Waals surface area contributed by atoms with E-state index in [1.54, 1.807) is 0 Å². The number of likely N-dealkylation sites (N-methyl/N-ethyl adjacent to an activating group) is 1. The van der Waals surface area contributed by atoms with Crippen molar-refractivity contribution in [2.24, 2.45) is 4.99 Å². The molecule has 0 amide bonds. The quantitative estimate of drug-likeness (QED) is 0.554. The maximum Gasteiger partial charge on any atom is 0.191 e. The molecular weight excluding hydrogens is 354 g/mol. The van der Waals surface area contributed by atoms with Gasteiger partial charge in [0.1, 0.15) is 0 Å². The minimum Gasteiger partial charge on any atom is -0.355 e. The van der Waals surface area contributed by atoms with Crippen molar-refractivity contribution >= 4 is 17.7 Å². The molecule has 2 N–H and O–H groups in total. The Hall–Kier alpha value is -1.24. The van der Waals surface area contributed by atoms with E-state index in [-0.39, 0.29) is 0 Å². The monoisotopic (exact) mass is 389 g/mol. The molecule has 0 saturated carbocycles. The van der Waals surface area contributed by atoms with Gasteiger partial charge < -0.3 is 15.5 Å². The predicted octanol–water partition coefficient (Wildman–Crippen LogP) is 2.38. The van der Waals surface area contributed by atoms with Crippen molar-refractivity contribution in [1.29, 1.82) is 0 Å². The van der Waals surface area contributed by atoms with E-state index in [1.165, 1.54) is 62.4 Å². The molecule has 2 aliphatic rings. The third-order valence-electron chi connectivity index (χ3n) is 5.55. The fourth-order valence-corrected chi connectivity index (χ4v) is 4.91. The van der Waals surface area contributed by atoms with Crippen molar-refractivity contribution in [1.82, 2.24) is 20.4 Å². The molecule has 2 heterocycles. The topological polar surface area (TPSA) is 42.9 Å². The Morgan fingerprint density at radius 3 is 2.41 bits per heavy atom. The van der Waals surface area contributed by atoms with Gasteiger partial charge in [-0.25, -0.2) is 0 Å². The van der Waals surface area contributed by atoms with Gasteiger partial charge in [0.25, 0.3) is 0 Å². The highest BCUT2D eigenvalue weighted by Gasteiger charge is 2.16. The number of rotatable bonds is 7. The first-order valence-corrected chi connectivity index (χ1v) is 11.4. The average Bonchev–Trinajstić information content (AvgIpc) is 3.23. The SMILES string of the molecule is CCN1CCN(Cc2ccc(CNC(=NC)NCC3CCCS3)cc2)CC1. The number of aliphatic imine (C=N–C) groups is 1. The van der Waals surface area contributed by atoms with E-state index in [0.29, 0.717) is 0 Å². The molecule has 0 bridgehead atoms. The van der Waals surface area contributed by atoms with Crippen LogP contribution in [-0.2, 0) is 13.1 Å². The largest absolute Gasteiger partial charge is 0.355 e. The molecule has 1 aromatic rings. The first kappa shape index (κ1) is 20.5. The molecule has 2 aliphatic heterocycles. The van der Waals surface area contributed by atoms with Crippen LogP contribution >= 0.6 is 11.8 Å². The molecule has 6 heteroatoms. The van der Waals surface area contributed by atoms with Gasteiger partial charge in [-0.15, -0.1) is 0 Å². The number of benzene rings is 1. The molecule has 0 aromatic heterocycles. The summed E-state index contributed by atoms with van der Waals surface area (Å²) in [6.07, 6.45) is 2.67. The van der Waals surface area contributed by atoms with Gasteiger partial charge in [-0.1, -0.05) is 31.2 Å². The summed E-state index contributed by atoms with van der Waals surface area (Å²) >= 11 is 2.07. The summed E-state index contributed by atoms with van der Waals surface area (Å²) in [4.78, 5) is 9.43. The van der Waals surface area contributed by atoms with Crippen molar-refractivity contribution in [2.75, 3.05) is 52.1 Å². The highest BCUT2D eigenvalue weighted by molar-refractivity contribution is 8.00. The summed E-state index contributed by atoms with van der Waals surface area (Å²) in [5.74, 6) is 2.21. The van der Waals surface area contributed by atoms with Crippen molar-refractivity contribution in [2.45, 2.75) is 38.1 Å². The fraction of sp³-hybridized carbons (Fsp3) is 0.667. The van der Waals surface area contributed by atoms with Crippen LogP contribution in [0.4, 0.5) is 0 Å². The molecule has 0 aliphatic carbocycles. The van der Waals surface area contributed by atoms with Crippen molar-refractivity contribution in [3.63, 3.8) is 0 Å². The first-order valence-electron chi connectivity index (χ1n) is 10.4. The number of guanidine groups is 1. The second-order valence-electron chi connectivity index (χ2n) is 7.47. The minimum absolute atomic E-state index is 0.738. The number of nitrogens with zero attached hydrogens (tertiary/aromatic N) is 3. The van der Waals surface area contributed by atoms with Gasteiger partial charge in [-0.3, -0.25) is 9.89 Å². The molecule has 1 aromatic carbocycles. The Balaban J connectivity index is 1.39. The van der Waals surface area contributed by atoms with E-state index in [0.717, 1.165) is 30.8 Å². The van der Waals surface area contributed by atoms with Crippen LogP contribution in [0.1, 0.15) is 30.9 Å². The van der Waals surface area contributed by atoms with Crippen molar-refractivity contribution in [3.8, 4) is 0 Å². The van der Waals surface area contributed by atoms with Gasteiger partial charge in [0.05, 0.1) is 0 Å². The van der Waals surface area contributed by atoms with E-state index < -0.39 is 0 Å². The molecule has 0 spiro atoms. The van der Waals surface area contributed by atoms with Crippen LogP contribution in [0.25, 0.3) is 0 Å². The summed E-state index contributed by atoms with van der Waals surface area (Å²) in [7, 11) is 1.85. The Morgan fingerprint density at radius 1 is 1.07 bits per heavy atom. The number of piperazine rings is 1. The smallest absolute Gasteiger partial charge is 0.191 e. The molecular formula is C21H35N5S. The molecule has 0 radical (unpaired) electrons. The number of hydrogen-bond acceptors (Lipinski definition) is 4. The van der Waals surface area contributed by atoms with Gasteiger partial charge >= 0.3 is 0 Å². The fourth-order valence-electron chi connectivity index (χ4n) is 3.71. The second-order valence-corrected chi connectivity index (χ2v) is 8.88. The van der Waals surface area contributed by atoms with E-state index >= 15 is 0 Å². The number of thioether (sulfide) groups is 1. The lowest BCUT2D eigenvalue weighted by molar-refractivity contribution is 0.132. The molecule has 27 heavy (non-hydrogen) atoms. The van der Waals surface area contributed by atoms with Crippen LogP contribution in [0.3, 0.4) is 0 Å². The van der Waals surface area contributed by atoms with E-state index in [9.17, 15) is 0 Å². The van der Waals surface area contributed by atoms with E-state index in [4.69, 9.17) is 0 Å². The Morgan fingerprint density at radius 2 is 1.78 bits per heavy atom. The van der Waals surface area contributed by atoms with Crippen LogP contribution in [0, 0.1) is 0 Å². The van der Waals surface area contributed by atoms with Gasteiger partial charge in [0.15, 0.2) is 5.96 Å². The maximum absolute atomic E-state index is 4.35. The van der Waals surface area contributed by atoms with Crippen LogP contribution in [0.5, 0.6) is 0 Å². The molecule has 1 atom stereocenters. The third kappa shape index (κ3) is 6.70. The number of hydrogen-bond donors (Lipinski definition) is 2. The predicted molar refractivity (Wildman–Crippen MR) is 118 cm³/mol. The summed E-state index contributed by atoms with van der Waals surface area (Å²) in [5, 5.41) is 7.64. The molecule has 2 saturated heterocycles. The van der Waals surface area contributed by atoms with Crippen molar-refractivity contribution in [3.05, 3.63) is 35.4 Å². The highest BCUT2D eigenvalue weighted by Crippen LogP contribution is 2.25. The maximum atomic E-state index is 4.35.